The van der Waals surface area contributed by atoms with Crippen molar-refractivity contribution < 1.29 is 13.9 Å². The molecule has 1 fully saturated rings. The van der Waals surface area contributed by atoms with Gasteiger partial charge in [-0.3, -0.25) is 4.79 Å². The van der Waals surface area contributed by atoms with E-state index in [1.54, 1.807) is 46.9 Å². The first-order chi connectivity index (χ1) is 13.4. The van der Waals surface area contributed by atoms with Gasteiger partial charge in [-0.25, -0.2) is 8.91 Å². The molecule has 6 nitrogen and oxygen atoms in total. The van der Waals surface area contributed by atoms with Gasteiger partial charge < -0.3 is 15.0 Å². The van der Waals surface area contributed by atoms with Gasteiger partial charge >= 0.3 is 0 Å². The molecule has 1 N–H and O–H groups in total. The maximum atomic E-state index is 14.5. The first-order valence-electron chi connectivity index (χ1n) is 9.10. The van der Waals surface area contributed by atoms with Crippen molar-refractivity contribution in [2.75, 3.05) is 18.4 Å². The monoisotopic (exact) mass is 380 g/mol. The molecule has 144 valence electrons. The van der Waals surface area contributed by atoms with Gasteiger partial charge in [-0.2, -0.15) is 5.10 Å². The summed E-state index contributed by atoms with van der Waals surface area (Å²) in [5, 5.41) is 7.24. The summed E-state index contributed by atoms with van der Waals surface area (Å²) in [4.78, 5) is 14.4. The third-order valence-corrected chi connectivity index (χ3v) is 4.77. The average molecular weight is 380 g/mol. The van der Waals surface area contributed by atoms with E-state index >= 15 is 0 Å². The fourth-order valence-electron chi connectivity index (χ4n) is 3.24. The van der Waals surface area contributed by atoms with Crippen molar-refractivity contribution in [1.29, 1.82) is 0 Å². The lowest BCUT2D eigenvalue weighted by Gasteiger charge is -2.30. The Labute approximate surface area is 162 Å². The summed E-state index contributed by atoms with van der Waals surface area (Å²) in [6.07, 6.45) is 4.29. The Balaban J connectivity index is 1.68. The number of rotatable bonds is 5. The SMILES string of the molecule is C=C(C)Nc1ccc(Oc2ccnn3cc(C(=O)N4CCC4)c(C)c23)c(F)c1. The van der Waals surface area contributed by atoms with Crippen molar-refractivity contribution in [3.63, 3.8) is 0 Å². The van der Waals surface area contributed by atoms with Crippen LogP contribution in [-0.4, -0.2) is 33.5 Å². The van der Waals surface area contributed by atoms with Gasteiger partial charge in [0.2, 0.25) is 0 Å². The van der Waals surface area contributed by atoms with Gasteiger partial charge in [0, 0.05) is 42.8 Å². The van der Waals surface area contributed by atoms with Crippen LogP contribution in [0, 0.1) is 12.7 Å². The second-order valence-electron chi connectivity index (χ2n) is 6.95. The summed E-state index contributed by atoms with van der Waals surface area (Å²) in [5.74, 6) is 0.0233. The summed E-state index contributed by atoms with van der Waals surface area (Å²) < 4.78 is 22.0. The molecule has 1 aliphatic rings. The van der Waals surface area contributed by atoms with E-state index in [0.29, 0.717) is 28.2 Å². The number of aromatic nitrogens is 2. The molecule has 1 saturated heterocycles. The van der Waals surface area contributed by atoms with Gasteiger partial charge in [0.25, 0.3) is 5.91 Å². The Morgan fingerprint density at radius 3 is 2.71 bits per heavy atom. The Hall–Kier alpha value is -3.35. The zero-order chi connectivity index (χ0) is 19.8. The van der Waals surface area contributed by atoms with E-state index in [2.05, 4.69) is 17.0 Å². The predicted octanol–water partition coefficient (Wildman–Crippen LogP) is 4.37. The zero-order valence-electron chi connectivity index (χ0n) is 15.8. The van der Waals surface area contributed by atoms with E-state index in [4.69, 9.17) is 4.74 Å². The van der Waals surface area contributed by atoms with Crippen LogP contribution in [0.15, 0.2) is 48.9 Å². The highest BCUT2D eigenvalue weighted by Crippen LogP contribution is 2.33. The van der Waals surface area contributed by atoms with Crippen LogP contribution < -0.4 is 10.1 Å². The highest BCUT2D eigenvalue weighted by Gasteiger charge is 2.26. The number of benzene rings is 1. The number of carbonyl (C=O) groups excluding carboxylic acids is 1. The van der Waals surface area contributed by atoms with E-state index in [1.165, 1.54) is 6.07 Å². The second-order valence-corrected chi connectivity index (χ2v) is 6.95. The fourth-order valence-corrected chi connectivity index (χ4v) is 3.24. The number of nitrogens with one attached hydrogen (secondary N) is 1. The lowest BCUT2D eigenvalue weighted by atomic mass is 10.1. The molecule has 0 unspecified atom stereocenters. The molecule has 0 bridgehead atoms. The van der Waals surface area contributed by atoms with Gasteiger partial charge in [-0.1, -0.05) is 6.58 Å². The molecule has 0 spiro atoms. The molecule has 0 atom stereocenters. The minimum Gasteiger partial charge on any atom is -0.452 e. The van der Waals surface area contributed by atoms with Crippen LogP contribution in [0.5, 0.6) is 11.5 Å². The van der Waals surface area contributed by atoms with Gasteiger partial charge in [-0.15, -0.1) is 0 Å². The van der Waals surface area contributed by atoms with Crippen LogP contribution in [0.2, 0.25) is 0 Å². The average Bonchev–Trinajstić information content (AvgIpc) is 2.93. The molecule has 7 heteroatoms. The molecule has 4 rings (SSSR count). The minimum atomic E-state index is -0.498. The number of hydrogen-bond donors (Lipinski definition) is 1. The van der Waals surface area contributed by atoms with E-state index in [9.17, 15) is 9.18 Å². The number of fused-ring (bicyclic) bond motifs is 1. The largest absolute Gasteiger partial charge is 0.452 e. The van der Waals surface area contributed by atoms with Crippen molar-refractivity contribution >= 4 is 17.1 Å². The van der Waals surface area contributed by atoms with Crippen LogP contribution in [0.25, 0.3) is 5.52 Å². The van der Waals surface area contributed by atoms with E-state index in [0.717, 1.165) is 25.1 Å². The van der Waals surface area contributed by atoms with Crippen LogP contribution >= 0.6 is 0 Å². The number of amides is 1. The summed E-state index contributed by atoms with van der Waals surface area (Å²) in [5.41, 5.74) is 3.31. The van der Waals surface area contributed by atoms with Gasteiger partial charge in [0.1, 0.15) is 5.52 Å². The maximum Gasteiger partial charge on any atom is 0.255 e. The summed E-state index contributed by atoms with van der Waals surface area (Å²) in [7, 11) is 0. The highest BCUT2D eigenvalue weighted by atomic mass is 19.1. The molecular formula is C21H21FN4O2. The summed E-state index contributed by atoms with van der Waals surface area (Å²) in [6.45, 7) is 8.95. The number of nitrogens with zero attached hydrogens (tertiary/aromatic N) is 3. The first-order valence-corrected chi connectivity index (χ1v) is 9.10. The Morgan fingerprint density at radius 1 is 1.29 bits per heavy atom. The highest BCUT2D eigenvalue weighted by molar-refractivity contribution is 5.98. The fraction of sp³-hybridized carbons (Fsp3) is 0.238. The van der Waals surface area contributed by atoms with E-state index in [1.807, 2.05) is 6.92 Å². The van der Waals surface area contributed by atoms with Crippen LogP contribution in [0.4, 0.5) is 10.1 Å². The second kappa shape index (κ2) is 6.99. The van der Waals surface area contributed by atoms with Gasteiger partial charge in [0.15, 0.2) is 17.3 Å². The summed E-state index contributed by atoms with van der Waals surface area (Å²) >= 11 is 0. The van der Waals surface area contributed by atoms with Crippen molar-refractivity contribution in [3.05, 3.63) is 65.9 Å². The molecule has 3 aromatic rings. The van der Waals surface area contributed by atoms with Gasteiger partial charge in [-0.05, 0) is 38.0 Å². The van der Waals surface area contributed by atoms with E-state index < -0.39 is 5.82 Å². The molecule has 1 aliphatic heterocycles. The maximum absolute atomic E-state index is 14.5. The van der Waals surface area contributed by atoms with Crippen molar-refractivity contribution in [2.45, 2.75) is 20.3 Å². The van der Waals surface area contributed by atoms with Crippen molar-refractivity contribution in [1.82, 2.24) is 14.5 Å². The number of hydrogen-bond acceptors (Lipinski definition) is 4. The molecule has 3 heterocycles. The summed E-state index contributed by atoms with van der Waals surface area (Å²) in [6, 6.07) is 6.29. The topological polar surface area (TPSA) is 58.9 Å². The zero-order valence-corrected chi connectivity index (χ0v) is 15.8. The number of anilines is 1. The number of halogens is 1. The molecule has 2 aromatic heterocycles. The molecule has 0 aliphatic carbocycles. The number of ether oxygens (including phenoxy) is 1. The van der Waals surface area contributed by atoms with E-state index in [-0.39, 0.29) is 11.7 Å². The smallest absolute Gasteiger partial charge is 0.255 e. The van der Waals surface area contributed by atoms with Crippen LogP contribution in [0.1, 0.15) is 29.3 Å². The normalized spacial score (nSPS) is 13.3. The first kappa shape index (κ1) is 18.0. The standard InChI is InChI=1S/C21H21FN4O2/c1-13(2)24-15-5-6-18(17(22)11-15)28-19-7-8-23-26-12-16(14(3)20(19)26)21(27)25-9-4-10-25/h5-8,11-12,24H,1,4,9-10H2,2-3H3. The predicted molar refractivity (Wildman–Crippen MR) is 105 cm³/mol. The number of allylic oxidation sites excluding steroid dienone is 1. The lowest BCUT2D eigenvalue weighted by Crippen LogP contribution is -2.42. The van der Waals surface area contributed by atoms with Gasteiger partial charge in [0.05, 0.1) is 11.8 Å². The Morgan fingerprint density at radius 2 is 2.07 bits per heavy atom. The molecule has 0 saturated carbocycles. The van der Waals surface area contributed by atoms with Crippen LogP contribution in [0.3, 0.4) is 0 Å². The minimum absolute atomic E-state index is 0.0124. The number of likely N-dealkylation sites (tertiary alicyclic amines) is 1. The van der Waals surface area contributed by atoms with Crippen molar-refractivity contribution in [2.24, 2.45) is 0 Å². The quantitative estimate of drug-likeness (QED) is 0.714. The Bertz CT molecular complexity index is 1090. The molecule has 1 aromatic carbocycles. The number of carbonyl (C=O) groups is 1. The molecule has 28 heavy (non-hydrogen) atoms. The third-order valence-electron chi connectivity index (χ3n) is 4.77. The molecule has 0 radical (unpaired) electrons. The molecular weight excluding hydrogens is 359 g/mol. The lowest BCUT2D eigenvalue weighted by molar-refractivity contribution is 0.0651. The van der Waals surface area contributed by atoms with Crippen LogP contribution in [-0.2, 0) is 0 Å². The molecule has 1 amide bonds. The van der Waals surface area contributed by atoms with Crippen molar-refractivity contribution in [3.8, 4) is 11.5 Å². The number of aryl methyl sites for hydroxylation is 1. The third kappa shape index (κ3) is 3.19. The Kier molecular flexibility index (Phi) is 4.50.